The number of amides is 1. The van der Waals surface area contributed by atoms with Crippen LogP contribution in [0.25, 0.3) is 10.9 Å². The summed E-state index contributed by atoms with van der Waals surface area (Å²) in [6.45, 7) is 1.79. The van der Waals surface area contributed by atoms with Gasteiger partial charge in [0.15, 0.2) is 0 Å². The largest absolute Gasteiger partial charge is 0.457 e. The fraction of sp³-hybridized carbons (Fsp3) is 0.0435. The van der Waals surface area contributed by atoms with Gasteiger partial charge in [0.25, 0.3) is 11.7 Å². The second kappa shape index (κ2) is 7.40. The average molecular weight is 370 g/mol. The molecule has 0 bridgehead atoms. The van der Waals surface area contributed by atoms with E-state index in [4.69, 9.17) is 4.74 Å². The number of H-pyrrole nitrogens is 1. The zero-order valence-electron chi connectivity index (χ0n) is 15.2. The highest BCUT2D eigenvalue weighted by atomic mass is 16.5. The predicted octanol–water partition coefficient (Wildman–Crippen LogP) is 5.09. The number of aromatic amines is 1. The van der Waals surface area contributed by atoms with E-state index in [1.54, 1.807) is 31.2 Å². The maximum Gasteiger partial charge on any atom is 0.296 e. The molecule has 5 heteroatoms. The summed E-state index contributed by atoms with van der Waals surface area (Å²) in [5.74, 6) is 0.122. The first-order valence-corrected chi connectivity index (χ1v) is 8.88. The number of Topliss-reactive ketones (excluding diaryl/α,β-unsaturated/α-hetero) is 1. The lowest BCUT2D eigenvalue weighted by molar-refractivity contribution is -0.112. The van der Waals surface area contributed by atoms with E-state index >= 15 is 0 Å². The fourth-order valence-corrected chi connectivity index (χ4v) is 3.10. The molecular weight excluding hydrogens is 352 g/mol. The smallest absolute Gasteiger partial charge is 0.296 e. The van der Waals surface area contributed by atoms with E-state index in [0.717, 1.165) is 16.7 Å². The molecule has 0 aliphatic carbocycles. The van der Waals surface area contributed by atoms with Crippen molar-refractivity contribution < 1.29 is 14.3 Å². The van der Waals surface area contributed by atoms with Crippen molar-refractivity contribution in [2.75, 3.05) is 5.32 Å². The SMILES string of the molecule is Cc1[nH]c2ccccc2c1C(=O)C(=O)Nc1ccc(Oc2ccccc2)cc1. The van der Waals surface area contributed by atoms with Crippen molar-refractivity contribution >= 4 is 28.3 Å². The van der Waals surface area contributed by atoms with Gasteiger partial charge in [0, 0.05) is 22.3 Å². The zero-order chi connectivity index (χ0) is 19.5. The van der Waals surface area contributed by atoms with Gasteiger partial charge in [-0.15, -0.1) is 0 Å². The minimum absolute atomic E-state index is 0.400. The van der Waals surface area contributed by atoms with E-state index in [2.05, 4.69) is 10.3 Å². The first-order valence-electron chi connectivity index (χ1n) is 8.88. The quantitative estimate of drug-likeness (QED) is 0.380. The van der Waals surface area contributed by atoms with Crippen LogP contribution >= 0.6 is 0 Å². The molecule has 4 aromatic rings. The van der Waals surface area contributed by atoms with Crippen LogP contribution in [0.5, 0.6) is 11.5 Å². The van der Waals surface area contributed by atoms with Gasteiger partial charge in [-0.3, -0.25) is 9.59 Å². The molecule has 0 radical (unpaired) electrons. The molecule has 0 atom stereocenters. The van der Waals surface area contributed by atoms with Crippen LogP contribution in [0.4, 0.5) is 5.69 Å². The van der Waals surface area contributed by atoms with Crippen molar-refractivity contribution in [3.63, 3.8) is 0 Å². The van der Waals surface area contributed by atoms with Crippen LogP contribution in [0, 0.1) is 6.92 Å². The molecule has 138 valence electrons. The Morgan fingerprint density at radius 1 is 0.821 bits per heavy atom. The van der Waals surface area contributed by atoms with Crippen molar-refractivity contribution in [1.29, 1.82) is 0 Å². The maximum atomic E-state index is 12.7. The van der Waals surface area contributed by atoms with Crippen LogP contribution in [0.1, 0.15) is 16.1 Å². The van der Waals surface area contributed by atoms with Gasteiger partial charge in [0.2, 0.25) is 0 Å². The number of anilines is 1. The number of rotatable bonds is 5. The molecule has 28 heavy (non-hydrogen) atoms. The Kier molecular flexibility index (Phi) is 4.64. The third kappa shape index (κ3) is 3.50. The molecule has 0 saturated carbocycles. The molecule has 0 spiro atoms. The number of fused-ring (bicyclic) bond motifs is 1. The van der Waals surface area contributed by atoms with Gasteiger partial charge in [0.1, 0.15) is 11.5 Å². The Labute approximate surface area is 162 Å². The van der Waals surface area contributed by atoms with Gasteiger partial charge in [-0.1, -0.05) is 36.4 Å². The Hall–Kier alpha value is -3.86. The van der Waals surface area contributed by atoms with Crippen LogP contribution in [-0.2, 0) is 4.79 Å². The van der Waals surface area contributed by atoms with Gasteiger partial charge in [-0.25, -0.2) is 0 Å². The van der Waals surface area contributed by atoms with Crippen molar-refractivity contribution in [2.24, 2.45) is 0 Å². The summed E-state index contributed by atoms with van der Waals surface area (Å²) < 4.78 is 5.72. The summed E-state index contributed by atoms with van der Waals surface area (Å²) >= 11 is 0. The molecule has 0 aliphatic heterocycles. The third-order valence-electron chi connectivity index (χ3n) is 4.42. The molecule has 4 rings (SSSR count). The molecule has 0 aliphatic rings. The second-order valence-electron chi connectivity index (χ2n) is 6.39. The van der Waals surface area contributed by atoms with Crippen LogP contribution in [0.3, 0.4) is 0 Å². The Bertz CT molecular complexity index is 1150. The van der Waals surface area contributed by atoms with Crippen LogP contribution < -0.4 is 10.1 Å². The Balaban J connectivity index is 1.48. The van der Waals surface area contributed by atoms with E-state index < -0.39 is 11.7 Å². The van der Waals surface area contributed by atoms with Crippen molar-refractivity contribution in [2.45, 2.75) is 6.92 Å². The molecule has 2 N–H and O–H groups in total. The number of benzene rings is 3. The summed E-state index contributed by atoms with van der Waals surface area (Å²) in [6.07, 6.45) is 0. The van der Waals surface area contributed by atoms with Crippen LogP contribution in [0.2, 0.25) is 0 Å². The van der Waals surface area contributed by atoms with Gasteiger partial charge >= 0.3 is 0 Å². The number of carbonyl (C=O) groups is 2. The summed E-state index contributed by atoms with van der Waals surface area (Å²) in [5, 5.41) is 3.40. The number of nitrogens with one attached hydrogen (secondary N) is 2. The summed E-state index contributed by atoms with van der Waals surface area (Å²) in [6, 6.07) is 23.7. The molecular formula is C23H18N2O3. The minimum Gasteiger partial charge on any atom is -0.457 e. The van der Waals surface area contributed by atoms with E-state index in [1.165, 1.54) is 0 Å². The standard InChI is InChI=1S/C23H18N2O3/c1-15-21(19-9-5-6-10-20(19)24-15)22(26)23(27)25-16-11-13-18(14-12-16)28-17-7-3-2-4-8-17/h2-14,24H,1H3,(H,25,27). The highest BCUT2D eigenvalue weighted by Gasteiger charge is 2.22. The Morgan fingerprint density at radius 3 is 2.21 bits per heavy atom. The number of para-hydroxylation sites is 2. The van der Waals surface area contributed by atoms with Crippen LogP contribution in [-0.4, -0.2) is 16.7 Å². The van der Waals surface area contributed by atoms with Crippen molar-refractivity contribution in [3.05, 3.63) is 90.1 Å². The van der Waals surface area contributed by atoms with E-state index in [0.29, 0.717) is 22.7 Å². The highest BCUT2D eigenvalue weighted by molar-refractivity contribution is 6.48. The monoisotopic (exact) mass is 370 g/mol. The predicted molar refractivity (Wildman–Crippen MR) is 109 cm³/mol. The molecule has 1 heterocycles. The molecule has 3 aromatic carbocycles. The first kappa shape index (κ1) is 17.5. The lowest BCUT2D eigenvalue weighted by Crippen LogP contribution is -2.23. The number of hydrogen-bond acceptors (Lipinski definition) is 3. The van der Waals surface area contributed by atoms with Gasteiger partial charge in [-0.2, -0.15) is 0 Å². The van der Waals surface area contributed by atoms with Gasteiger partial charge in [-0.05, 0) is 49.4 Å². The number of ketones is 1. The fourth-order valence-electron chi connectivity index (χ4n) is 3.10. The number of aromatic nitrogens is 1. The lowest BCUT2D eigenvalue weighted by Gasteiger charge is -2.08. The summed E-state index contributed by atoms with van der Waals surface area (Å²) in [5.41, 5.74) is 2.43. The number of ether oxygens (including phenoxy) is 1. The summed E-state index contributed by atoms with van der Waals surface area (Å²) in [4.78, 5) is 28.3. The zero-order valence-corrected chi connectivity index (χ0v) is 15.2. The van der Waals surface area contributed by atoms with E-state index in [1.807, 2.05) is 54.6 Å². The maximum absolute atomic E-state index is 12.7. The average Bonchev–Trinajstić information content (AvgIpc) is 3.05. The van der Waals surface area contributed by atoms with Crippen LogP contribution in [0.15, 0.2) is 78.9 Å². The molecule has 5 nitrogen and oxygen atoms in total. The molecule has 1 amide bonds. The number of hydrogen-bond donors (Lipinski definition) is 2. The lowest BCUT2D eigenvalue weighted by atomic mass is 10.1. The molecule has 0 unspecified atom stereocenters. The molecule has 0 saturated heterocycles. The normalized spacial score (nSPS) is 10.6. The van der Waals surface area contributed by atoms with Gasteiger partial charge in [0.05, 0.1) is 5.56 Å². The molecule has 1 aromatic heterocycles. The second-order valence-corrected chi connectivity index (χ2v) is 6.39. The summed E-state index contributed by atoms with van der Waals surface area (Å²) in [7, 11) is 0. The molecule has 0 fully saturated rings. The highest BCUT2D eigenvalue weighted by Crippen LogP contribution is 2.24. The van der Waals surface area contributed by atoms with E-state index in [9.17, 15) is 9.59 Å². The third-order valence-corrected chi connectivity index (χ3v) is 4.42. The van der Waals surface area contributed by atoms with E-state index in [-0.39, 0.29) is 0 Å². The minimum atomic E-state index is -0.676. The number of aryl methyl sites for hydroxylation is 1. The van der Waals surface area contributed by atoms with Gasteiger partial charge < -0.3 is 15.0 Å². The number of carbonyl (C=O) groups excluding carboxylic acids is 2. The Morgan fingerprint density at radius 2 is 1.46 bits per heavy atom. The first-order chi connectivity index (χ1) is 13.6. The van der Waals surface area contributed by atoms with Crippen molar-refractivity contribution in [3.8, 4) is 11.5 Å². The van der Waals surface area contributed by atoms with Crippen molar-refractivity contribution in [1.82, 2.24) is 4.98 Å². The topological polar surface area (TPSA) is 71.2 Å².